The summed E-state index contributed by atoms with van der Waals surface area (Å²) in [6.07, 6.45) is 0. The molecule has 8 heteroatoms. The van der Waals surface area contributed by atoms with Crippen LogP contribution in [-0.4, -0.2) is 14.1 Å². The zero-order valence-corrected chi connectivity index (χ0v) is 12.3. The molecule has 1 aliphatic heterocycles. The number of hydrogen-bond donors (Lipinski definition) is 1. The summed E-state index contributed by atoms with van der Waals surface area (Å²) in [7, 11) is -3.59. The zero-order valence-electron chi connectivity index (χ0n) is 10.7. The van der Waals surface area contributed by atoms with Crippen LogP contribution in [0, 0.1) is 5.41 Å². The maximum atomic E-state index is 12.0. The maximum Gasteiger partial charge on any atom is 0.283 e. The maximum absolute atomic E-state index is 12.0. The van der Waals surface area contributed by atoms with Crippen molar-refractivity contribution < 1.29 is 17.7 Å². The molecular formula is C11H14N2O4S2. The van der Waals surface area contributed by atoms with Crippen molar-refractivity contribution in [3.8, 4) is 0 Å². The molecule has 1 heterocycles. The molecule has 1 aromatic rings. The Morgan fingerprint density at radius 1 is 1.32 bits per heavy atom. The molecule has 0 saturated heterocycles. The minimum atomic E-state index is -3.59. The van der Waals surface area contributed by atoms with Gasteiger partial charge < -0.3 is 0 Å². The lowest BCUT2D eigenvalue weighted by Gasteiger charge is -2.18. The Labute approximate surface area is 116 Å². The third-order valence-corrected chi connectivity index (χ3v) is 4.50. The molecule has 0 saturated carbocycles. The van der Waals surface area contributed by atoms with Crippen LogP contribution in [0.1, 0.15) is 26.3 Å². The molecular weight excluding hydrogens is 288 g/mol. The number of nitrogens with two attached hydrogens (primary N) is 1. The number of rotatable bonds is 3. The minimum Gasteiger partial charge on any atom is -0.199 e. The first-order valence-electron chi connectivity index (χ1n) is 5.45. The van der Waals surface area contributed by atoms with E-state index in [1.165, 1.54) is 6.07 Å². The fraction of sp³-hybridized carbons (Fsp3) is 0.364. The highest BCUT2D eigenvalue weighted by atomic mass is 32.2. The van der Waals surface area contributed by atoms with Crippen molar-refractivity contribution in [3.05, 3.63) is 23.8 Å². The molecule has 104 valence electrons. The SMILES string of the molecule is CC(C)(C)C1=NS(=O)(=O)c2ccc(SOON)cc21. The van der Waals surface area contributed by atoms with Gasteiger partial charge in [-0.25, -0.2) is 0 Å². The molecule has 0 radical (unpaired) electrons. The first-order chi connectivity index (χ1) is 8.75. The molecule has 0 fully saturated rings. The van der Waals surface area contributed by atoms with Crippen LogP contribution in [0.15, 0.2) is 32.4 Å². The van der Waals surface area contributed by atoms with Crippen LogP contribution in [0.3, 0.4) is 0 Å². The highest BCUT2D eigenvalue weighted by Crippen LogP contribution is 2.36. The van der Waals surface area contributed by atoms with E-state index in [-0.39, 0.29) is 10.3 Å². The summed E-state index contributed by atoms with van der Waals surface area (Å²) in [5.74, 6) is 4.77. The van der Waals surface area contributed by atoms with Crippen molar-refractivity contribution in [1.82, 2.24) is 0 Å². The Kier molecular flexibility index (Phi) is 3.72. The second kappa shape index (κ2) is 4.88. The molecule has 1 aromatic carbocycles. The second-order valence-electron chi connectivity index (χ2n) is 5.07. The van der Waals surface area contributed by atoms with Crippen molar-refractivity contribution in [1.29, 1.82) is 0 Å². The van der Waals surface area contributed by atoms with Crippen molar-refractivity contribution in [2.75, 3.05) is 0 Å². The lowest BCUT2D eigenvalue weighted by molar-refractivity contribution is -0.195. The fourth-order valence-electron chi connectivity index (χ4n) is 1.79. The van der Waals surface area contributed by atoms with Crippen LogP contribution in [0.4, 0.5) is 0 Å². The highest BCUT2D eigenvalue weighted by molar-refractivity contribution is 7.94. The normalized spacial score (nSPS) is 17.2. The monoisotopic (exact) mass is 302 g/mol. The quantitative estimate of drug-likeness (QED) is 0.522. The van der Waals surface area contributed by atoms with Crippen molar-refractivity contribution in [2.45, 2.75) is 30.6 Å². The van der Waals surface area contributed by atoms with Crippen molar-refractivity contribution in [2.24, 2.45) is 15.7 Å². The lowest BCUT2D eigenvalue weighted by Crippen LogP contribution is -2.19. The summed E-state index contributed by atoms with van der Waals surface area (Å²) in [6, 6.07) is 4.82. The molecule has 2 rings (SSSR count). The Morgan fingerprint density at radius 2 is 2.00 bits per heavy atom. The molecule has 0 atom stereocenters. The van der Waals surface area contributed by atoms with Crippen LogP contribution in [0.5, 0.6) is 0 Å². The van der Waals surface area contributed by atoms with Crippen LogP contribution >= 0.6 is 12.0 Å². The van der Waals surface area contributed by atoms with E-state index in [1.54, 1.807) is 12.1 Å². The van der Waals surface area contributed by atoms with E-state index in [4.69, 9.17) is 5.90 Å². The summed E-state index contributed by atoms with van der Waals surface area (Å²) in [4.78, 5) is 4.91. The summed E-state index contributed by atoms with van der Waals surface area (Å²) in [5, 5.41) is 0. The molecule has 0 amide bonds. The number of hydrogen-bond acceptors (Lipinski definition) is 6. The average molecular weight is 302 g/mol. The number of sulfonamides is 1. The van der Waals surface area contributed by atoms with E-state index >= 15 is 0 Å². The molecule has 1 aliphatic rings. The summed E-state index contributed by atoms with van der Waals surface area (Å²) in [5.41, 5.74) is 0.768. The van der Waals surface area contributed by atoms with E-state index in [1.807, 2.05) is 20.8 Å². The van der Waals surface area contributed by atoms with E-state index in [9.17, 15) is 8.42 Å². The molecule has 0 aromatic heterocycles. The minimum absolute atomic E-state index is 0.218. The second-order valence-corrected chi connectivity index (χ2v) is 7.42. The summed E-state index contributed by atoms with van der Waals surface area (Å²) >= 11 is 0.902. The molecule has 6 nitrogen and oxygen atoms in total. The van der Waals surface area contributed by atoms with Gasteiger partial charge in [-0.2, -0.15) is 18.7 Å². The molecule has 19 heavy (non-hydrogen) atoms. The molecule has 0 spiro atoms. The van der Waals surface area contributed by atoms with Crippen LogP contribution < -0.4 is 5.90 Å². The van der Waals surface area contributed by atoms with Crippen LogP contribution in [0.25, 0.3) is 0 Å². The van der Waals surface area contributed by atoms with Gasteiger partial charge in [-0.15, -0.1) is 9.32 Å². The number of benzene rings is 1. The van der Waals surface area contributed by atoms with Gasteiger partial charge in [0.15, 0.2) is 0 Å². The molecule has 0 aliphatic carbocycles. The van der Waals surface area contributed by atoms with Gasteiger partial charge in [0.05, 0.1) is 22.6 Å². The van der Waals surface area contributed by atoms with Gasteiger partial charge in [0.25, 0.3) is 10.0 Å². The van der Waals surface area contributed by atoms with Gasteiger partial charge in [-0.3, -0.25) is 0 Å². The Hall–Kier alpha value is -0.930. The van der Waals surface area contributed by atoms with E-state index in [2.05, 4.69) is 13.7 Å². The zero-order chi connectivity index (χ0) is 14.3. The molecule has 0 unspecified atom stereocenters. The van der Waals surface area contributed by atoms with Gasteiger partial charge in [0.1, 0.15) is 0 Å². The summed E-state index contributed by atoms with van der Waals surface area (Å²) < 4.78 is 32.4. The van der Waals surface area contributed by atoms with Crippen LogP contribution in [-0.2, 0) is 19.3 Å². The van der Waals surface area contributed by atoms with Gasteiger partial charge in [0, 0.05) is 15.9 Å². The van der Waals surface area contributed by atoms with Crippen LogP contribution in [0.2, 0.25) is 0 Å². The lowest BCUT2D eigenvalue weighted by atomic mass is 9.86. The Morgan fingerprint density at radius 3 is 2.58 bits per heavy atom. The van der Waals surface area contributed by atoms with Gasteiger partial charge in [-0.1, -0.05) is 20.8 Å². The van der Waals surface area contributed by atoms with Crippen molar-refractivity contribution >= 4 is 27.8 Å². The number of fused-ring (bicyclic) bond motifs is 1. The molecule has 0 bridgehead atoms. The topological polar surface area (TPSA) is 91.0 Å². The van der Waals surface area contributed by atoms with Crippen molar-refractivity contribution in [3.63, 3.8) is 0 Å². The number of nitrogens with zero attached hydrogens (tertiary/aromatic N) is 1. The standard InChI is InChI=1S/C11H14N2O4S2/c1-11(2,3)10-8-6-7(18-17-16-12)4-5-9(8)19(14,15)13-10/h4-6H,12H2,1-3H3. The van der Waals surface area contributed by atoms with Gasteiger partial charge >= 0.3 is 0 Å². The predicted molar refractivity (Wildman–Crippen MR) is 71.8 cm³/mol. The Bertz CT molecular complexity index is 633. The van der Waals surface area contributed by atoms with E-state index in [0.29, 0.717) is 16.2 Å². The highest BCUT2D eigenvalue weighted by Gasteiger charge is 2.35. The van der Waals surface area contributed by atoms with E-state index < -0.39 is 10.0 Å². The predicted octanol–water partition coefficient (Wildman–Crippen LogP) is 2.05. The Balaban J connectivity index is 2.52. The third kappa shape index (κ3) is 2.82. The third-order valence-electron chi connectivity index (χ3n) is 2.58. The van der Waals surface area contributed by atoms with E-state index in [0.717, 1.165) is 12.0 Å². The fourth-order valence-corrected chi connectivity index (χ4v) is 3.58. The smallest absolute Gasteiger partial charge is 0.199 e. The first-order valence-corrected chi connectivity index (χ1v) is 7.64. The van der Waals surface area contributed by atoms with Gasteiger partial charge in [0.2, 0.25) is 0 Å². The first kappa shape index (κ1) is 14.5. The summed E-state index contributed by atoms with van der Waals surface area (Å²) in [6.45, 7) is 5.74. The molecule has 2 N–H and O–H groups in total. The average Bonchev–Trinajstić information content (AvgIpc) is 2.58. The van der Waals surface area contributed by atoms with Gasteiger partial charge in [-0.05, 0) is 18.2 Å². The largest absolute Gasteiger partial charge is 0.283 e.